The summed E-state index contributed by atoms with van der Waals surface area (Å²) in [4.78, 5) is 10.3. The summed E-state index contributed by atoms with van der Waals surface area (Å²) in [5.74, 6) is 0.777. The van der Waals surface area contributed by atoms with Crippen LogP contribution >= 0.6 is 0 Å². The van der Waals surface area contributed by atoms with E-state index in [9.17, 15) is 5.11 Å². The summed E-state index contributed by atoms with van der Waals surface area (Å²) in [6.07, 6.45) is 1.85. The molecule has 0 aliphatic rings. The Balaban J connectivity index is 0.00000433. The molecule has 3 heterocycles. The van der Waals surface area contributed by atoms with Gasteiger partial charge in [-0.3, -0.25) is 9.55 Å². The second-order valence-electron chi connectivity index (χ2n) is 14.6. The Bertz CT molecular complexity index is 3340. The quantitative estimate of drug-likeness (QED) is 0.162. The molecule has 60 heavy (non-hydrogen) atoms. The Hall–Kier alpha value is -7.33. The summed E-state index contributed by atoms with van der Waals surface area (Å²) < 4.78 is 9.10. The van der Waals surface area contributed by atoms with Gasteiger partial charge in [-0.2, -0.15) is 0 Å². The van der Waals surface area contributed by atoms with Crippen LogP contribution in [0.2, 0.25) is 0 Å². The number of rotatable bonds is 7. The number of furan rings is 1. The maximum Gasteiger partial charge on any atom is 0.148 e. The molecule has 0 saturated heterocycles. The number of aromatic nitrogens is 3. The van der Waals surface area contributed by atoms with Crippen LogP contribution in [0.25, 0.3) is 106 Å². The number of pyridine rings is 1. The van der Waals surface area contributed by atoms with Crippen molar-refractivity contribution in [1.29, 1.82) is 0 Å². The fourth-order valence-electron chi connectivity index (χ4n) is 8.35. The van der Waals surface area contributed by atoms with E-state index < -0.39 is 0 Å². The molecular weight excluding hydrogens is 918 g/mol. The minimum absolute atomic E-state index is 0. The van der Waals surface area contributed by atoms with Crippen LogP contribution in [0.1, 0.15) is 0 Å². The van der Waals surface area contributed by atoms with Crippen LogP contribution in [0.15, 0.2) is 205 Å². The van der Waals surface area contributed by atoms with E-state index in [2.05, 4.69) is 138 Å². The molecule has 288 valence electrons. The van der Waals surface area contributed by atoms with Crippen molar-refractivity contribution in [2.75, 3.05) is 0 Å². The van der Waals surface area contributed by atoms with Crippen LogP contribution in [0.4, 0.5) is 0 Å². The maximum absolute atomic E-state index is 11.4. The van der Waals surface area contributed by atoms with Gasteiger partial charge in [-0.1, -0.05) is 175 Å². The zero-order valence-electron chi connectivity index (χ0n) is 32.1. The van der Waals surface area contributed by atoms with Crippen LogP contribution < -0.4 is 0 Å². The number of para-hydroxylation sites is 4. The molecule has 8 aromatic carbocycles. The molecule has 0 spiro atoms. The first kappa shape index (κ1) is 37.0. The molecule has 0 aliphatic heterocycles. The van der Waals surface area contributed by atoms with Gasteiger partial charge in [0.25, 0.3) is 0 Å². The number of aromatic hydroxyl groups is 1. The molecule has 1 N–H and O–H groups in total. The Morgan fingerprint density at radius 1 is 0.533 bits per heavy atom. The van der Waals surface area contributed by atoms with Gasteiger partial charge in [0.2, 0.25) is 0 Å². The second-order valence-corrected chi connectivity index (χ2v) is 14.6. The number of phenolic OH excluding ortho intramolecular Hbond substituents is 1. The van der Waals surface area contributed by atoms with Crippen molar-refractivity contribution < 1.29 is 30.6 Å². The Labute approximate surface area is 361 Å². The molecule has 0 bridgehead atoms. The van der Waals surface area contributed by atoms with E-state index in [0.29, 0.717) is 11.4 Å². The van der Waals surface area contributed by atoms with E-state index in [1.807, 2.05) is 66.9 Å². The topological polar surface area (TPSA) is 64.1 Å². The van der Waals surface area contributed by atoms with Gasteiger partial charge in [0.05, 0.1) is 27.9 Å². The normalized spacial score (nSPS) is 11.3. The SMILES string of the molecule is Oc1ccccc1-c1nc2c(-c3[c-]c(-c4cc(-c5ccccc5)ccn4)cc4oc5c(-c6ccccc6)cccc5c34)cccc2n1-c1ccccc1-c1ccccc1.[Pt]. The first-order chi connectivity index (χ1) is 29.2. The van der Waals surface area contributed by atoms with Crippen molar-refractivity contribution in [3.05, 3.63) is 206 Å². The van der Waals surface area contributed by atoms with Crippen molar-refractivity contribution in [3.8, 4) is 78.6 Å². The fourth-order valence-corrected chi connectivity index (χ4v) is 8.35. The number of nitrogens with zero attached hydrogens (tertiary/aromatic N) is 3. The first-order valence-corrected chi connectivity index (χ1v) is 19.6. The number of hydrogen-bond acceptors (Lipinski definition) is 4. The summed E-state index contributed by atoms with van der Waals surface area (Å²) in [5.41, 5.74) is 14.5. The van der Waals surface area contributed by atoms with Crippen LogP contribution in [-0.4, -0.2) is 19.6 Å². The number of hydrogen-bond donors (Lipinski definition) is 1. The van der Waals surface area contributed by atoms with Crippen LogP contribution in [0, 0.1) is 6.07 Å². The molecule has 3 aromatic heterocycles. The molecule has 0 saturated carbocycles. The van der Waals surface area contributed by atoms with Gasteiger partial charge < -0.3 is 9.52 Å². The van der Waals surface area contributed by atoms with Crippen molar-refractivity contribution in [3.63, 3.8) is 0 Å². The molecule has 0 atom stereocenters. The Morgan fingerprint density at radius 2 is 1.15 bits per heavy atom. The maximum atomic E-state index is 11.4. The third-order valence-electron chi connectivity index (χ3n) is 11.1. The molecule has 0 amide bonds. The third-order valence-corrected chi connectivity index (χ3v) is 11.1. The molecule has 0 aliphatic carbocycles. The molecule has 0 radical (unpaired) electrons. The Kier molecular flexibility index (Phi) is 9.52. The minimum atomic E-state index is 0. The van der Waals surface area contributed by atoms with Crippen molar-refractivity contribution >= 4 is 33.0 Å². The number of imidazole rings is 1. The largest absolute Gasteiger partial charge is 0.507 e. The van der Waals surface area contributed by atoms with Gasteiger partial charge in [0.15, 0.2) is 0 Å². The van der Waals surface area contributed by atoms with Crippen LogP contribution in [0.3, 0.4) is 0 Å². The van der Waals surface area contributed by atoms with E-state index in [-0.39, 0.29) is 26.8 Å². The van der Waals surface area contributed by atoms with E-state index in [4.69, 9.17) is 14.4 Å². The fraction of sp³-hybridized carbons (Fsp3) is 0. The number of benzene rings is 8. The average molecular weight is 952 g/mol. The van der Waals surface area contributed by atoms with Gasteiger partial charge in [-0.25, -0.2) is 4.98 Å². The van der Waals surface area contributed by atoms with Gasteiger partial charge >= 0.3 is 0 Å². The second kappa shape index (κ2) is 15.4. The predicted octanol–water partition coefficient (Wildman–Crippen LogP) is 13.8. The summed E-state index contributed by atoms with van der Waals surface area (Å²) in [5, 5.41) is 13.3. The molecule has 0 unspecified atom stereocenters. The van der Waals surface area contributed by atoms with Gasteiger partial charge in [-0.05, 0) is 63.4 Å². The summed E-state index contributed by atoms with van der Waals surface area (Å²) in [6.45, 7) is 0. The zero-order valence-corrected chi connectivity index (χ0v) is 34.3. The summed E-state index contributed by atoms with van der Waals surface area (Å²) >= 11 is 0. The zero-order chi connectivity index (χ0) is 39.3. The summed E-state index contributed by atoms with van der Waals surface area (Å²) in [7, 11) is 0. The van der Waals surface area contributed by atoms with E-state index in [0.717, 1.165) is 94.4 Å². The molecule has 11 aromatic rings. The van der Waals surface area contributed by atoms with Crippen LogP contribution in [-0.2, 0) is 21.1 Å². The Morgan fingerprint density at radius 3 is 1.90 bits per heavy atom. The van der Waals surface area contributed by atoms with E-state index in [1.165, 1.54) is 0 Å². The van der Waals surface area contributed by atoms with Crippen molar-refractivity contribution in [2.45, 2.75) is 0 Å². The monoisotopic (exact) mass is 951 g/mol. The molecule has 5 nitrogen and oxygen atoms in total. The first-order valence-electron chi connectivity index (χ1n) is 19.6. The number of fused-ring (bicyclic) bond motifs is 4. The van der Waals surface area contributed by atoms with Crippen LogP contribution in [0.5, 0.6) is 5.75 Å². The standard InChI is InChI=1S/C54H34N3O2.Pt/c58-49-29-13-11-23-43(49)54-56-52-42(25-15-28-48(52)57(54)47-27-12-10-22-40(47)36-18-6-2-7-19-36)45-32-39(46-33-38(30-31-55-46)35-16-4-1-5-17-35)34-50-51(45)44-26-14-24-41(53(44)59-50)37-20-8-3-9-21-37;/h1-31,33-34,58H;/q-1;. The van der Waals surface area contributed by atoms with Gasteiger partial charge in [0, 0.05) is 44.1 Å². The number of phenols is 1. The van der Waals surface area contributed by atoms with Crippen molar-refractivity contribution in [2.24, 2.45) is 0 Å². The van der Waals surface area contributed by atoms with Crippen molar-refractivity contribution in [1.82, 2.24) is 14.5 Å². The van der Waals surface area contributed by atoms with Gasteiger partial charge in [-0.15, -0.1) is 11.6 Å². The minimum Gasteiger partial charge on any atom is -0.507 e. The van der Waals surface area contributed by atoms with E-state index in [1.54, 1.807) is 6.07 Å². The average Bonchev–Trinajstić information content (AvgIpc) is 3.89. The predicted molar refractivity (Wildman–Crippen MR) is 239 cm³/mol. The van der Waals surface area contributed by atoms with E-state index >= 15 is 0 Å². The molecule has 11 rings (SSSR count). The van der Waals surface area contributed by atoms with Gasteiger partial charge in [0.1, 0.15) is 17.2 Å². The summed E-state index contributed by atoms with van der Waals surface area (Å²) in [6, 6.07) is 69.5. The molecule has 6 heteroatoms. The third kappa shape index (κ3) is 6.32. The molecular formula is C54H34N3O2Pt-. The molecule has 0 fully saturated rings. The smallest absolute Gasteiger partial charge is 0.148 e.